The van der Waals surface area contributed by atoms with Crippen LogP contribution in [0.3, 0.4) is 0 Å². The first-order valence-corrected chi connectivity index (χ1v) is 9.15. The van der Waals surface area contributed by atoms with Gasteiger partial charge in [-0.2, -0.15) is 0 Å². The molecular formula is C17H18N4O3S. The Morgan fingerprint density at radius 3 is 3.00 bits per heavy atom. The fourth-order valence-electron chi connectivity index (χ4n) is 3.24. The van der Waals surface area contributed by atoms with Crippen molar-refractivity contribution in [1.29, 1.82) is 0 Å². The molecule has 8 heteroatoms. The van der Waals surface area contributed by atoms with Gasteiger partial charge < -0.3 is 15.0 Å². The van der Waals surface area contributed by atoms with E-state index in [-0.39, 0.29) is 17.9 Å². The predicted molar refractivity (Wildman–Crippen MR) is 92.4 cm³/mol. The molecule has 2 amide bonds. The van der Waals surface area contributed by atoms with E-state index in [0.29, 0.717) is 25.4 Å². The van der Waals surface area contributed by atoms with Crippen LogP contribution in [0, 0.1) is 0 Å². The molecule has 1 N–H and O–H groups in total. The molecule has 0 bridgehead atoms. The first-order chi connectivity index (χ1) is 12.2. The summed E-state index contributed by atoms with van der Waals surface area (Å²) in [7, 11) is 0. The smallest absolute Gasteiger partial charge is 0.275 e. The SMILES string of the molecule is O=C(Nc1ccc2c(c1)CN(C(=O)c1csnn1)CC2)[C@@H]1CCCO1. The van der Waals surface area contributed by atoms with Gasteiger partial charge in [-0.1, -0.05) is 10.6 Å². The number of hydrogen-bond acceptors (Lipinski definition) is 6. The van der Waals surface area contributed by atoms with E-state index in [1.165, 1.54) is 17.1 Å². The normalized spacial score (nSPS) is 19.5. The second-order valence-corrected chi connectivity index (χ2v) is 6.85. The highest BCUT2D eigenvalue weighted by Crippen LogP contribution is 2.24. The van der Waals surface area contributed by atoms with Crippen LogP contribution in [-0.2, 0) is 22.5 Å². The minimum Gasteiger partial charge on any atom is -0.368 e. The minimum atomic E-state index is -0.355. The van der Waals surface area contributed by atoms with Crippen LogP contribution in [-0.4, -0.2) is 45.6 Å². The Bertz CT molecular complexity index is 787. The lowest BCUT2D eigenvalue weighted by molar-refractivity contribution is -0.124. The van der Waals surface area contributed by atoms with Crippen molar-refractivity contribution in [3.63, 3.8) is 0 Å². The van der Waals surface area contributed by atoms with E-state index >= 15 is 0 Å². The molecule has 0 unspecified atom stereocenters. The third-order valence-corrected chi connectivity index (χ3v) is 5.08. The van der Waals surface area contributed by atoms with Gasteiger partial charge in [-0.25, -0.2) is 0 Å². The summed E-state index contributed by atoms with van der Waals surface area (Å²) in [5, 5.41) is 8.44. The van der Waals surface area contributed by atoms with Gasteiger partial charge in [0.1, 0.15) is 6.10 Å². The van der Waals surface area contributed by atoms with E-state index in [4.69, 9.17) is 4.74 Å². The summed E-state index contributed by atoms with van der Waals surface area (Å²) in [6.07, 6.45) is 2.12. The molecule has 2 aliphatic rings. The van der Waals surface area contributed by atoms with Crippen LogP contribution in [0.5, 0.6) is 0 Å². The number of amides is 2. The number of anilines is 1. The number of aromatic nitrogens is 2. The van der Waals surface area contributed by atoms with Gasteiger partial charge in [0.15, 0.2) is 5.69 Å². The largest absolute Gasteiger partial charge is 0.368 e. The van der Waals surface area contributed by atoms with E-state index in [1.54, 1.807) is 10.3 Å². The molecule has 2 aromatic rings. The third kappa shape index (κ3) is 3.40. The van der Waals surface area contributed by atoms with Crippen molar-refractivity contribution >= 4 is 29.0 Å². The second-order valence-electron chi connectivity index (χ2n) is 6.24. The molecule has 25 heavy (non-hydrogen) atoms. The number of hydrogen-bond donors (Lipinski definition) is 1. The number of carbonyl (C=O) groups is 2. The van der Waals surface area contributed by atoms with Crippen molar-refractivity contribution in [2.45, 2.75) is 31.9 Å². The number of carbonyl (C=O) groups excluding carboxylic acids is 2. The number of ether oxygens (including phenoxy) is 1. The lowest BCUT2D eigenvalue weighted by Crippen LogP contribution is -2.36. The first kappa shape index (κ1) is 16.2. The van der Waals surface area contributed by atoms with E-state index in [0.717, 1.165) is 30.5 Å². The Morgan fingerprint density at radius 2 is 2.24 bits per heavy atom. The van der Waals surface area contributed by atoms with Gasteiger partial charge in [0.2, 0.25) is 0 Å². The molecule has 130 valence electrons. The van der Waals surface area contributed by atoms with Crippen LogP contribution in [0.2, 0.25) is 0 Å². The molecule has 0 aliphatic carbocycles. The first-order valence-electron chi connectivity index (χ1n) is 8.31. The molecule has 7 nitrogen and oxygen atoms in total. The highest BCUT2D eigenvalue weighted by atomic mass is 32.1. The van der Waals surface area contributed by atoms with Gasteiger partial charge in [0.25, 0.3) is 11.8 Å². The topological polar surface area (TPSA) is 84.4 Å². The molecule has 0 radical (unpaired) electrons. The molecule has 1 saturated heterocycles. The predicted octanol–water partition coefficient (Wildman–Crippen LogP) is 1.85. The zero-order chi connectivity index (χ0) is 17.2. The Morgan fingerprint density at radius 1 is 1.32 bits per heavy atom. The molecule has 1 aromatic carbocycles. The summed E-state index contributed by atoms with van der Waals surface area (Å²) in [5.41, 5.74) is 3.38. The lowest BCUT2D eigenvalue weighted by atomic mass is 9.98. The van der Waals surface area contributed by atoms with E-state index in [2.05, 4.69) is 14.9 Å². The summed E-state index contributed by atoms with van der Waals surface area (Å²) >= 11 is 1.17. The maximum atomic E-state index is 12.5. The van der Waals surface area contributed by atoms with Gasteiger partial charge in [0, 0.05) is 30.8 Å². The third-order valence-electron chi connectivity index (χ3n) is 4.57. The summed E-state index contributed by atoms with van der Waals surface area (Å²) in [5.74, 6) is -0.206. The minimum absolute atomic E-state index is 0.102. The van der Waals surface area contributed by atoms with Crippen LogP contribution < -0.4 is 5.32 Å². The quantitative estimate of drug-likeness (QED) is 0.905. The average molecular weight is 358 g/mol. The van der Waals surface area contributed by atoms with Crippen molar-refractivity contribution in [3.05, 3.63) is 40.4 Å². The number of nitrogens with zero attached hydrogens (tertiary/aromatic N) is 3. The van der Waals surface area contributed by atoms with Crippen molar-refractivity contribution in [2.75, 3.05) is 18.5 Å². The van der Waals surface area contributed by atoms with Crippen molar-refractivity contribution in [2.24, 2.45) is 0 Å². The fraction of sp³-hybridized carbons (Fsp3) is 0.412. The number of rotatable bonds is 3. The number of benzene rings is 1. The molecule has 1 fully saturated rings. The van der Waals surface area contributed by atoms with Crippen LogP contribution >= 0.6 is 11.5 Å². The zero-order valence-corrected chi connectivity index (χ0v) is 14.4. The molecule has 0 spiro atoms. The van der Waals surface area contributed by atoms with Gasteiger partial charge in [-0.05, 0) is 54.1 Å². The van der Waals surface area contributed by atoms with Crippen molar-refractivity contribution < 1.29 is 14.3 Å². The maximum absolute atomic E-state index is 12.5. The van der Waals surface area contributed by atoms with E-state index in [1.807, 2.05) is 18.2 Å². The summed E-state index contributed by atoms with van der Waals surface area (Å²) in [4.78, 5) is 26.4. The number of nitrogens with one attached hydrogen (secondary N) is 1. The fourth-order valence-corrected chi connectivity index (χ4v) is 3.67. The molecule has 3 heterocycles. The van der Waals surface area contributed by atoms with Gasteiger partial charge in [0.05, 0.1) is 0 Å². The van der Waals surface area contributed by atoms with Crippen LogP contribution in [0.4, 0.5) is 5.69 Å². The molecule has 4 rings (SSSR count). The summed E-state index contributed by atoms with van der Waals surface area (Å²) < 4.78 is 9.16. The van der Waals surface area contributed by atoms with Gasteiger partial charge in [-0.15, -0.1) is 5.10 Å². The van der Waals surface area contributed by atoms with Crippen molar-refractivity contribution in [3.8, 4) is 0 Å². The zero-order valence-electron chi connectivity index (χ0n) is 13.6. The van der Waals surface area contributed by atoms with Crippen molar-refractivity contribution in [1.82, 2.24) is 14.5 Å². The van der Waals surface area contributed by atoms with Crippen LogP contribution in [0.25, 0.3) is 0 Å². The molecular weight excluding hydrogens is 340 g/mol. The highest BCUT2D eigenvalue weighted by molar-refractivity contribution is 7.03. The van der Waals surface area contributed by atoms with Crippen LogP contribution in [0.15, 0.2) is 23.6 Å². The lowest BCUT2D eigenvalue weighted by Gasteiger charge is -2.28. The van der Waals surface area contributed by atoms with E-state index in [9.17, 15) is 9.59 Å². The Hall–Kier alpha value is -2.32. The standard InChI is InChI=1S/C17H18N4O3S/c22-16(15-2-1-7-24-15)18-13-4-3-11-5-6-21(9-12(11)8-13)17(23)14-10-25-20-19-14/h3-4,8,10,15H,1-2,5-7,9H2,(H,18,22)/t15-/m0/s1. The number of fused-ring (bicyclic) bond motifs is 1. The molecule has 0 saturated carbocycles. The monoisotopic (exact) mass is 358 g/mol. The van der Waals surface area contributed by atoms with E-state index < -0.39 is 0 Å². The molecule has 2 aliphatic heterocycles. The van der Waals surface area contributed by atoms with Gasteiger partial charge in [-0.3, -0.25) is 9.59 Å². The average Bonchev–Trinajstić information content (AvgIpc) is 3.34. The second kappa shape index (κ2) is 6.89. The van der Waals surface area contributed by atoms with Crippen LogP contribution in [0.1, 0.15) is 34.5 Å². The Balaban J connectivity index is 1.47. The Labute approximate surface area is 149 Å². The Kier molecular flexibility index (Phi) is 4.46. The van der Waals surface area contributed by atoms with Gasteiger partial charge >= 0.3 is 0 Å². The maximum Gasteiger partial charge on any atom is 0.275 e. The molecule has 1 aromatic heterocycles. The highest BCUT2D eigenvalue weighted by Gasteiger charge is 2.25. The summed E-state index contributed by atoms with van der Waals surface area (Å²) in [6, 6.07) is 5.88. The summed E-state index contributed by atoms with van der Waals surface area (Å²) in [6.45, 7) is 1.81. The molecule has 1 atom stereocenters.